The molecule has 1 amide bonds. The van der Waals surface area contributed by atoms with E-state index in [4.69, 9.17) is 23.2 Å². The number of pyridine rings is 2. The predicted octanol–water partition coefficient (Wildman–Crippen LogP) is 4.65. The quantitative estimate of drug-likeness (QED) is 0.683. The molecule has 0 radical (unpaired) electrons. The van der Waals surface area contributed by atoms with Gasteiger partial charge in [-0.2, -0.15) is 0 Å². The zero-order valence-corrected chi connectivity index (χ0v) is 14.6. The number of benzene rings is 1. The molecule has 0 unspecified atom stereocenters. The summed E-state index contributed by atoms with van der Waals surface area (Å²) in [5.41, 5.74) is 2.62. The maximum Gasteiger partial charge on any atom is 0.257 e. The van der Waals surface area contributed by atoms with Crippen molar-refractivity contribution in [2.45, 2.75) is 6.54 Å². The summed E-state index contributed by atoms with van der Waals surface area (Å²) in [6.45, 7) is 0.584. The molecule has 0 aliphatic heterocycles. The first kappa shape index (κ1) is 17.2. The molecule has 0 aliphatic rings. The number of aromatic nitrogens is 2. The van der Waals surface area contributed by atoms with Gasteiger partial charge in [0.1, 0.15) is 0 Å². The van der Waals surface area contributed by atoms with Crippen LogP contribution in [0.1, 0.15) is 15.9 Å². The molecule has 25 heavy (non-hydrogen) atoms. The van der Waals surface area contributed by atoms with Crippen molar-refractivity contribution in [3.05, 3.63) is 82.4 Å². The third-order valence-electron chi connectivity index (χ3n) is 3.42. The van der Waals surface area contributed by atoms with Gasteiger partial charge in [0.05, 0.1) is 27.0 Å². The molecule has 5 nitrogen and oxygen atoms in total. The van der Waals surface area contributed by atoms with Gasteiger partial charge >= 0.3 is 0 Å². The summed E-state index contributed by atoms with van der Waals surface area (Å²) in [6.07, 6.45) is 6.64. The molecule has 0 bridgehead atoms. The predicted molar refractivity (Wildman–Crippen MR) is 100 cm³/mol. The number of rotatable bonds is 5. The lowest BCUT2D eigenvalue weighted by molar-refractivity contribution is 0.102. The second kappa shape index (κ2) is 7.96. The Morgan fingerprint density at radius 3 is 2.72 bits per heavy atom. The van der Waals surface area contributed by atoms with Crippen molar-refractivity contribution in [3.8, 4) is 0 Å². The summed E-state index contributed by atoms with van der Waals surface area (Å²) in [5, 5.41) is 6.63. The minimum Gasteiger partial charge on any atom is -0.380 e. The van der Waals surface area contributed by atoms with Crippen LogP contribution in [-0.4, -0.2) is 15.9 Å². The highest BCUT2D eigenvalue weighted by Crippen LogP contribution is 2.29. The van der Waals surface area contributed by atoms with Crippen LogP contribution >= 0.6 is 23.2 Å². The molecule has 3 rings (SSSR count). The minimum atomic E-state index is -0.318. The van der Waals surface area contributed by atoms with Crippen LogP contribution in [0, 0.1) is 0 Å². The molecular weight excluding hydrogens is 359 g/mol. The van der Waals surface area contributed by atoms with Gasteiger partial charge in [0.25, 0.3) is 5.91 Å². The van der Waals surface area contributed by atoms with Gasteiger partial charge in [0.15, 0.2) is 0 Å². The molecular formula is C18H14Cl2N4O. The number of amides is 1. The number of halogens is 2. The summed E-state index contributed by atoms with van der Waals surface area (Å²) in [4.78, 5) is 20.6. The van der Waals surface area contributed by atoms with Gasteiger partial charge in [-0.05, 0) is 29.8 Å². The monoisotopic (exact) mass is 372 g/mol. The number of carbonyl (C=O) groups is 1. The Morgan fingerprint density at radius 1 is 1.04 bits per heavy atom. The van der Waals surface area contributed by atoms with Crippen molar-refractivity contribution in [1.29, 1.82) is 0 Å². The van der Waals surface area contributed by atoms with E-state index in [-0.39, 0.29) is 5.91 Å². The van der Waals surface area contributed by atoms with Crippen molar-refractivity contribution in [1.82, 2.24) is 9.97 Å². The lowest BCUT2D eigenvalue weighted by Gasteiger charge is -2.10. The van der Waals surface area contributed by atoms with Gasteiger partial charge in [0, 0.05) is 31.3 Å². The molecule has 1 aromatic carbocycles. The number of hydrogen-bond acceptors (Lipinski definition) is 4. The molecule has 2 N–H and O–H groups in total. The Morgan fingerprint density at radius 2 is 1.92 bits per heavy atom. The number of anilines is 2. The smallest absolute Gasteiger partial charge is 0.257 e. The van der Waals surface area contributed by atoms with Crippen LogP contribution < -0.4 is 10.6 Å². The Kier molecular flexibility index (Phi) is 5.48. The fourth-order valence-electron chi connectivity index (χ4n) is 2.16. The third-order valence-corrected chi connectivity index (χ3v) is 4.24. The van der Waals surface area contributed by atoms with Crippen LogP contribution in [0.5, 0.6) is 0 Å². The van der Waals surface area contributed by atoms with Gasteiger partial charge < -0.3 is 10.6 Å². The van der Waals surface area contributed by atoms with Crippen LogP contribution in [0.25, 0.3) is 0 Å². The Labute approximate surface area is 155 Å². The normalized spacial score (nSPS) is 10.3. The highest BCUT2D eigenvalue weighted by Gasteiger charge is 2.11. The minimum absolute atomic E-state index is 0.302. The Balaban J connectivity index is 1.70. The molecule has 2 aromatic heterocycles. The number of hydrogen-bond donors (Lipinski definition) is 2. The van der Waals surface area contributed by atoms with Gasteiger partial charge in [-0.25, -0.2) is 0 Å². The molecule has 0 aliphatic carbocycles. The third kappa shape index (κ3) is 4.47. The van der Waals surface area contributed by atoms with Gasteiger partial charge in [-0.1, -0.05) is 35.3 Å². The van der Waals surface area contributed by atoms with E-state index < -0.39 is 0 Å². The zero-order valence-electron chi connectivity index (χ0n) is 13.0. The fourth-order valence-corrected chi connectivity index (χ4v) is 2.51. The molecule has 0 saturated heterocycles. The molecule has 2 heterocycles. The molecule has 7 heteroatoms. The topological polar surface area (TPSA) is 66.9 Å². The summed E-state index contributed by atoms with van der Waals surface area (Å²) in [5.74, 6) is -0.318. The highest BCUT2D eigenvalue weighted by molar-refractivity contribution is 6.44. The van der Waals surface area contributed by atoms with E-state index in [1.807, 2.05) is 12.1 Å². The van der Waals surface area contributed by atoms with Crippen molar-refractivity contribution in [2.24, 2.45) is 0 Å². The van der Waals surface area contributed by atoms with Crippen LogP contribution in [0.2, 0.25) is 10.0 Å². The average Bonchev–Trinajstić information content (AvgIpc) is 2.65. The van der Waals surface area contributed by atoms with E-state index in [9.17, 15) is 4.79 Å². The van der Waals surface area contributed by atoms with E-state index >= 15 is 0 Å². The second-order valence-corrected chi connectivity index (χ2v) is 6.02. The van der Waals surface area contributed by atoms with Crippen molar-refractivity contribution in [3.63, 3.8) is 0 Å². The van der Waals surface area contributed by atoms with E-state index in [0.717, 1.165) is 11.3 Å². The standard InChI is InChI=1S/C18H14Cl2N4O/c19-15-4-1-5-16(17(15)20)24-18(25)13-7-14(11-22-10-13)23-9-12-3-2-6-21-8-12/h1-8,10-11,23H,9H2,(H,24,25). The molecule has 0 fully saturated rings. The molecule has 0 spiro atoms. The highest BCUT2D eigenvalue weighted by atomic mass is 35.5. The van der Waals surface area contributed by atoms with Crippen LogP contribution in [0.15, 0.2) is 61.2 Å². The van der Waals surface area contributed by atoms with Crippen molar-refractivity contribution >= 4 is 40.5 Å². The molecule has 0 saturated carbocycles. The fraction of sp³-hybridized carbons (Fsp3) is 0.0556. The zero-order chi connectivity index (χ0) is 17.6. The van der Waals surface area contributed by atoms with Gasteiger partial charge in [0.2, 0.25) is 0 Å². The van der Waals surface area contributed by atoms with Gasteiger partial charge in [-0.3, -0.25) is 14.8 Å². The number of nitrogens with zero attached hydrogens (tertiary/aromatic N) is 2. The van der Waals surface area contributed by atoms with E-state index in [0.29, 0.717) is 27.8 Å². The summed E-state index contributed by atoms with van der Waals surface area (Å²) >= 11 is 12.1. The number of nitrogens with one attached hydrogen (secondary N) is 2. The number of carbonyl (C=O) groups excluding carboxylic acids is 1. The lowest BCUT2D eigenvalue weighted by Crippen LogP contribution is -2.13. The largest absolute Gasteiger partial charge is 0.380 e. The van der Waals surface area contributed by atoms with E-state index in [1.165, 1.54) is 6.20 Å². The van der Waals surface area contributed by atoms with Gasteiger partial charge in [-0.15, -0.1) is 0 Å². The Bertz CT molecular complexity index is 887. The van der Waals surface area contributed by atoms with Crippen LogP contribution in [0.3, 0.4) is 0 Å². The van der Waals surface area contributed by atoms with Crippen molar-refractivity contribution in [2.75, 3.05) is 10.6 Å². The first-order valence-corrected chi connectivity index (χ1v) is 8.22. The second-order valence-electron chi connectivity index (χ2n) is 5.23. The van der Waals surface area contributed by atoms with E-state index in [1.54, 1.807) is 42.9 Å². The lowest BCUT2D eigenvalue weighted by atomic mass is 10.2. The summed E-state index contributed by atoms with van der Waals surface area (Å²) in [7, 11) is 0. The van der Waals surface area contributed by atoms with Crippen molar-refractivity contribution < 1.29 is 4.79 Å². The van der Waals surface area contributed by atoms with E-state index in [2.05, 4.69) is 20.6 Å². The average molecular weight is 373 g/mol. The maximum absolute atomic E-state index is 12.4. The maximum atomic E-state index is 12.4. The molecule has 0 atom stereocenters. The molecule has 3 aromatic rings. The Hall–Kier alpha value is -2.63. The summed E-state index contributed by atoms with van der Waals surface area (Å²) in [6, 6.07) is 10.6. The van der Waals surface area contributed by atoms with Crippen LogP contribution in [0.4, 0.5) is 11.4 Å². The molecule has 126 valence electrons. The first-order valence-electron chi connectivity index (χ1n) is 7.46. The SMILES string of the molecule is O=C(Nc1cccc(Cl)c1Cl)c1cncc(NCc2cccnc2)c1. The first-order chi connectivity index (χ1) is 12.1. The summed E-state index contributed by atoms with van der Waals surface area (Å²) < 4.78 is 0. The van der Waals surface area contributed by atoms with Crippen LogP contribution in [-0.2, 0) is 6.54 Å².